The van der Waals surface area contributed by atoms with Crippen LogP contribution >= 0.6 is 11.6 Å². The first-order chi connectivity index (χ1) is 8.01. The average Bonchev–Trinajstić information content (AvgIpc) is 2.30. The maximum Gasteiger partial charge on any atom is 0.274 e. The highest BCUT2D eigenvalue weighted by Crippen LogP contribution is 2.17. The highest BCUT2D eigenvalue weighted by Gasteiger charge is 2.19. The fraction of sp³-hybridized carbons (Fsp3) is 0.583. The predicted octanol–water partition coefficient (Wildman–Crippen LogP) is 2.74. The first-order valence-corrected chi connectivity index (χ1v) is 6.20. The van der Waals surface area contributed by atoms with Gasteiger partial charge in [-0.1, -0.05) is 25.4 Å². The van der Waals surface area contributed by atoms with E-state index in [1.807, 2.05) is 27.7 Å². The molecule has 0 spiro atoms. The van der Waals surface area contributed by atoms with Crippen LogP contribution in [0.15, 0.2) is 6.20 Å². The SMILES string of the molecule is CCN(CC)C(=O)c1nc(C(C)C)ncc1Cl. The van der Waals surface area contributed by atoms with Gasteiger partial charge in [-0.3, -0.25) is 4.79 Å². The molecular formula is C12H18ClN3O. The number of amides is 1. The Bertz CT molecular complexity index is 403. The van der Waals surface area contributed by atoms with Gasteiger partial charge in [0.25, 0.3) is 5.91 Å². The molecule has 0 radical (unpaired) electrons. The molecule has 1 amide bonds. The van der Waals surface area contributed by atoms with Gasteiger partial charge in [-0.2, -0.15) is 0 Å². The largest absolute Gasteiger partial charge is 0.338 e. The molecule has 17 heavy (non-hydrogen) atoms. The summed E-state index contributed by atoms with van der Waals surface area (Å²) in [5, 5.41) is 0.311. The van der Waals surface area contributed by atoms with Gasteiger partial charge in [-0.15, -0.1) is 0 Å². The molecule has 0 fully saturated rings. The number of carbonyl (C=O) groups is 1. The van der Waals surface area contributed by atoms with Gasteiger partial charge >= 0.3 is 0 Å². The zero-order chi connectivity index (χ0) is 13.0. The molecule has 94 valence electrons. The highest BCUT2D eigenvalue weighted by atomic mass is 35.5. The van der Waals surface area contributed by atoms with E-state index in [1.54, 1.807) is 4.90 Å². The van der Waals surface area contributed by atoms with Gasteiger partial charge in [0.05, 0.1) is 11.2 Å². The highest BCUT2D eigenvalue weighted by molar-refractivity contribution is 6.33. The number of carbonyl (C=O) groups excluding carboxylic acids is 1. The first kappa shape index (κ1) is 13.9. The van der Waals surface area contributed by atoms with E-state index in [0.29, 0.717) is 29.6 Å². The van der Waals surface area contributed by atoms with E-state index in [2.05, 4.69) is 9.97 Å². The predicted molar refractivity (Wildman–Crippen MR) is 68.4 cm³/mol. The van der Waals surface area contributed by atoms with Crippen molar-refractivity contribution in [2.45, 2.75) is 33.6 Å². The van der Waals surface area contributed by atoms with Crippen molar-refractivity contribution in [1.29, 1.82) is 0 Å². The van der Waals surface area contributed by atoms with Crippen LogP contribution in [0.2, 0.25) is 5.02 Å². The quantitative estimate of drug-likeness (QED) is 0.831. The Morgan fingerprint density at radius 3 is 2.47 bits per heavy atom. The van der Waals surface area contributed by atoms with E-state index in [9.17, 15) is 4.79 Å². The van der Waals surface area contributed by atoms with Crippen molar-refractivity contribution in [3.63, 3.8) is 0 Å². The van der Waals surface area contributed by atoms with Crippen LogP contribution in [-0.4, -0.2) is 33.9 Å². The van der Waals surface area contributed by atoms with Gasteiger partial charge < -0.3 is 4.90 Å². The molecule has 0 aliphatic carbocycles. The van der Waals surface area contributed by atoms with Gasteiger partial charge in [0.2, 0.25) is 0 Å². The summed E-state index contributed by atoms with van der Waals surface area (Å²) in [7, 11) is 0. The second kappa shape index (κ2) is 5.96. The van der Waals surface area contributed by atoms with Crippen molar-refractivity contribution in [3.8, 4) is 0 Å². The molecule has 0 N–H and O–H groups in total. The summed E-state index contributed by atoms with van der Waals surface area (Å²) in [5.74, 6) is 0.685. The molecule has 0 unspecified atom stereocenters. The van der Waals surface area contributed by atoms with Gasteiger partial charge in [0, 0.05) is 19.0 Å². The number of hydrogen-bond acceptors (Lipinski definition) is 3. The lowest BCUT2D eigenvalue weighted by molar-refractivity contribution is 0.0766. The van der Waals surface area contributed by atoms with E-state index in [0.717, 1.165) is 0 Å². The van der Waals surface area contributed by atoms with E-state index >= 15 is 0 Å². The molecule has 1 aromatic rings. The fourth-order valence-electron chi connectivity index (χ4n) is 1.47. The van der Waals surface area contributed by atoms with Crippen molar-refractivity contribution in [2.24, 2.45) is 0 Å². The molecule has 0 atom stereocenters. The maximum atomic E-state index is 12.2. The minimum absolute atomic E-state index is 0.135. The molecule has 0 aliphatic heterocycles. The van der Waals surface area contributed by atoms with Crippen LogP contribution in [0.3, 0.4) is 0 Å². The summed E-state index contributed by atoms with van der Waals surface area (Å²) in [6, 6.07) is 0. The van der Waals surface area contributed by atoms with E-state index in [1.165, 1.54) is 6.20 Å². The normalized spacial score (nSPS) is 10.7. The first-order valence-electron chi connectivity index (χ1n) is 5.82. The zero-order valence-corrected chi connectivity index (χ0v) is 11.5. The third kappa shape index (κ3) is 3.16. The molecule has 5 heteroatoms. The second-order valence-electron chi connectivity index (χ2n) is 4.06. The van der Waals surface area contributed by atoms with Crippen molar-refractivity contribution in [3.05, 3.63) is 22.7 Å². The van der Waals surface area contributed by atoms with Gasteiger partial charge in [-0.25, -0.2) is 9.97 Å². The topological polar surface area (TPSA) is 46.1 Å². The fourth-order valence-corrected chi connectivity index (χ4v) is 1.64. The summed E-state index contributed by atoms with van der Waals surface area (Å²) in [6.07, 6.45) is 1.50. The number of hydrogen-bond donors (Lipinski definition) is 0. The smallest absolute Gasteiger partial charge is 0.274 e. The third-order valence-corrected chi connectivity index (χ3v) is 2.81. The lowest BCUT2D eigenvalue weighted by Gasteiger charge is -2.19. The lowest BCUT2D eigenvalue weighted by atomic mass is 10.2. The third-order valence-electron chi connectivity index (χ3n) is 2.53. The Kier molecular flexibility index (Phi) is 4.87. The zero-order valence-electron chi connectivity index (χ0n) is 10.7. The van der Waals surface area contributed by atoms with Crippen molar-refractivity contribution >= 4 is 17.5 Å². The molecule has 0 saturated carbocycles. The Labute approximate surface area is 107 Å². The van der Waals surface area contributed by atoms with Gasteiger partial charge in [0.1, 0.15) is 5.82 Å². The monoisotopic (exact) mass is 255 g/mol. The number of nitrogens with zero attached hydrogens (tertiary/aromatic N) is 3. The van der Waals surface area contributed by atoms with Crippen LogP contribution in [0, 0.1) is 0 Å². The molecule has 0 aromatic carbocycles. The Morgan fingerprint density at radius 2 is 2.00 bits per heavy atom. The molecule has 4 nitrogen and oxygen atoms in total. The Hall–Kier alpha value is -1.16. The van der Waals surface area contributed by atoms with Crippen LogP contribution in [0.4, 0.5) is 0 Å². The van der Waals surface area contributed by atoms with Crippen LogP contribution in [0.25, 0.3) is 0 Å². The maximum absolute atomic E-state index is 12.2. The van der Waals surface area contributed by atoms with Crippen molar-refractivity contribution in [2.75, 3.05) is 13.1 Å². The minimum atomic E-state index is -0.135. The van der Waals surface area contributed by atoms with Gasteiger partial charge in [0.15, 0.2) is 5.69 Å². The van der Waals surface area contributed by atoms with Crippen LogP contribution < -0.4 is 0 Å². The molecule has 0 aliphatic rings. The average molecular weight is 256 g/mol. The van der Waals surface area contributed by atoms with Crippen molar-refractivity contribution < 1.29 is 4.79 Å². The second-order valence-corrected chi connectivity index (χ2v) is 4.46. The molecule has 0 saturated heterocycles. The molecule has 1 aromatic heterocycles. The van der Waals surface area contributed by atoms with Crippen LogP contribution in [0.1, 0.15) is 49.9 Å². The molecule has 1 heterocycles. The lowest BCUT2D eigenvalue weighted by Crippen LogP contribution is -2.31. The standard InChI is InChI=1S/C12H18ClN3O/c1-5-16(6-2)12(17)10-9(13)7-14-11(15-10)8(3)4/h7-8H,5-6H2,1-4H3. The van der Waals surface area contributed by atoms with Gasteiger partial charge in [-0.05, 0) is 13.8 Å². The van der Waals surface area contributed by atoms with E-state index < -0.39 is 0 Å². The Balaban J connectivity index is 3.11. The summed E-state index contributed by atoms with van der Waals surface area (Å²) in [6.45, 7) is 9.11. The number of rotatable bonds is 4. The van der Waals surface area contributed by atoms with E-state index in [-0.39, 0.29) is 11.8 Å². The summed E-state index contributed by atoms with van der Waals surface area (Å²) < 4.78 is 0. The van der Waals surface area contributed by atoms with Crippen LogP contribution in [-0.2, 0) is 0 Å². The minimum Gasteiger partial charge on any atom is -0.338 e. The molecular weight excluding hydrogens is 238 g/mol. The summed E-state index contributed by atoms with van der Waals surface area (Å²) >= 11 is 5.98. The molecule has 0 bridgehead atoms. The Morgan fingerprint density at radius 1 is 1.41 bits per heavy atom. The van der Waals surface area contributed by atoms with Crippen molar-refractivity contribution in [1.82, 2.24) is 14.9 Å². The summed E-state index contributed by atoms with van der Waals surface area (Å²) in [5.41, 5.74) is 0.300. The number of halogens is 1. The number of aromatic nitrogens is 2. The summed E-state index contributed by atoms with van der Waals surface area (Å²) in [4.78, 5) is 22.2. The van der Waals surface area contributed by atoms with E-state index in [4.69, 9.17) is 11.6 Å². The molecule has 1 rings (SSSR count). The van der Waals surface area contributed by atoms with Crippen LogP contribution in [0.5, 0.6) is 0 Å².